The number of amides is 1. The lowest BCUT2D eigenvalue weighted by Crippen LogP contribution is -2.49. The number of likely N-dealkylation sites (tertiary alicyclic amines) is 1. The second kappa shape index (κ2) is 6.91. The van der Waals surface area contributed by atoms with Gasteiger partial charge in [0.2, 0.25) is 0 Å². The van der Waals surface area contributed by atoms with Gasteiger partial charge in [-0.05, 0) is 43.7 Å². The summed E-state index contributed by atoms with van der Waals surface area (Å²) in [6, 6.07) is 2.77. The molecule has 0 saturated carbocycles. The van der Waals surface area contributed by atoms with Gasteiger partial charge in [-0.25, -0.2) is 0 Å². The minimum atomic E-state index is 0.278. The largest absolute Gasteiger partial charge is 0.336 e. The van der Waals surface area contributed by atoms with Crippen LogP contribution in [0.5, 0.6) is 0 Å². The van der Waals surface area contributed by atoms with Crippen molar-refractivity contribution in [3.63, 3.8) is 0 Å². The van der Waals surface area contributed by atoms with Crippen LogP contribution >= 0.6 is 11.3 Å². The van der Waals surface area contributed by atoms with Crippen LogP contribution in [-0.2, 0) is 12.8 Å². The topological polar surface area (TPSA) is 35.6 Å². The number of thiophene rings is 1. The van der Waals surface area contributed by atoms with Crippen LogP contribution in [0.3, 0.4) is 0 Å². The van der Waals surface area contributed by atoms with Gasteiger partial charge in [-0.1, -0.05) is 6.42 Å². The molecule has 0 aromatic carbocycles. The van der Waals surface area contributed by atoms with Gasteiger partial charge in [-0.15, -0.1) is 11.3 Å². The molecule has 1 unspecified atom stereocenters. The standard InChI is InChI=1S/C18H27N3OS/c22-18(17-12-14-4-2-1-3-5-16(14)23-17)21-9-6-15(13-21)20-10-7-19-8-11-20/h12,15,19H,1-11,13H2. The Hall–Kier alpha value is -0.910. The van der Waals surface area contributed by atoms with E-state index >= 15 is 0 Å². The summed E-state index contributed by atoms with van der Waals surface area (Å²) in [5, 5.41) is 3.41. The fourth-order valence-electron chi connectivity index (χ4n) is 4.20. The Morgan fingerprint density at radius 2 is 1.96 bits per heavy atom. The monoisotopic (exact) mass is 333 g/mol. The Kier molecular flexibility index (Phi) is 4.69. The molecular weight excluding hydrogens is 306 g/mol. The van der Waals surface area contributed by atoms with E-state index in [2.05, 4.69) is 21.2 Å². The highest BCUT2D eigenvalue weighted by atomic mass is 32.1. The van der Waals surface area contributed by atoms with Crippen molar-refractivity contribution in [2.24, 2.45) is 0 Å². The maximum absolute atomic E-state index is 12.9. The van der Waals surface area contributed by atoms with Gasteiger partial charge in [0.25, 0.3) is 5.91 Å². The van der Waals surface area contributed by atoms with E-state index in [9.17, 15) is 4.79 Å². The van der Waals surface area contributed by atoms with Crippen LogP contribution in [0.2, 0.25) is 0 Å². The molecule has 0 spiro atoms. The van der Waals surface area contributed by atoms with Crippen molar-refractivity contribution in [2.45, 2.75) is 44.6 Å². The van der Waals surface area contributed by atoms with E-state index in [1.165, 1.54) is 42.5 Å². The van der Waals surface area contributed by atoms with Gasteiger partial charge in [0.1, 0.15) is 0 Å². The number of nitrogens with one attached hydrogen (secondary N) is 1. The van der Waals surface area contributed by atoms with Crippen LogP contribution < -0.4 is 5.32 Å². The molecule has 1 aromatic rings. The molecule has 3 heterocycles. The normalized spacial score (nSPS) is 26.1. The van der Waals surface area contributed by atoms with Crippen LogP contribution in [-0.4, -0.2) is 61.0 Å². The third-order valence-corrected chi connectivity index (χ3v) is 6.80. The van der Waals surface area contributed by atoms with E-state index in [1.54, 1.807) is 11.3 Å². The molecule has 0 radical (unpaired) electrons. The van der Waals surface area contributed by atoms with Gasteiger partial charge in [-0.3, -0.25) is 9.69 Å². The minimum absolute atomic E-state index is 0.278. The highest BCUT2D eigenvalue weighted by Crippen LogP contribution is 2.30. The number of hydrogen-bond donors (Lipinski definition) is 1. The van der Waals surface area contributed by atoms with Crippen LogP contribution in [0.15, 0.2) is 6.07 Å². The van der Waals surface area contributed by atoms with Gasteiger partial charge in [0, 0.05) is 50.2 Å². The number of aryl methyl sites for hydroxylation is 2. The van der Waals surface area contributed by atoms with Crippen molar-refractivity contribution in [1.29, 1.82) is 0 Å². The fraction of sp³-hybridized carbons (Fsp3) is 0.722. The number of hydrogen-bond acceptors (Lipinski definition) is 4. The van der Waals surface area contributed by atoms with Gasteiger partial charge < -0.3 is 10.2 Å². The Balaban J connectivity index is 1.41. The quantitative estimate of drug-likeness (QED) is 0.842. The molecule has 2 aliphatic heterocycles. The average Bonchev–Trinajstić information content (AvgIpc) is 3.18. The summed E-state index contributed by atoms with van der Waals surface area (Å²) >= 11 is 1.77. The molecule has 126 valence electrons. The number of piperazine rings is 1. The van der Waals surface area contributed by atoms with Gasteiger partial charge in [0.15, 0.2) is 0 Å². The van der Waals surface area contributed by atoms with Crippen molar-refractivity contribution in [2.75, 3.05) is 39.3 Å². The first kappa shape index (κ1) is 15.6. The van der Waals surface area contributed by atoms with Crippen molar-refractivity contribution < 1.29 is 4.79 Å². The molecule has 3 aliphatic rings. The van der Waals surface area contributed by atoms with Gasteiger partial charge >= 0.3 is 0 Å². The molecule has 0 bridgehead atoms. The first-order chi connectivity index (χ1) is 11.3. The number of carbonyl (C=O) groups excluding carboxylic acids is 1. The first-order valence-corrected chi connectivity index (χ1v) is 9.98. The lowest BCUT2D eigenvalue weighted by atomic mass is 10.1. The zero-order valence-electron chi connectivity index (χ0n) is 13.9. The van der Waals surface area contributed by atoms with Crippen LogP contribution in [0.4, 0.5) is 0 Å². The first-order valence-electron chi connectivity index (χ1n) is 9.17. The van der Waals surface area contributed by atoms with Gasteiger partial charge in [-0.2, -0.15) is 0 Å². The number of fused-ring (bicyclic) bond motifs is 1. The minimum Gasteiger partial charge on any atom is -0.336 e. The highest BCUT2D eigenvalue weighted by molar-refractivity contribution is 7.14. The molecule has 23 heavy (non-hydrogen) atoms. The fourth-order valence-corrected chi connectivity index (χ4v) is 5.42. The summed E-state index contributed by atoms with van der Waals surface area (Å²) in [5.41, 5.74) is 1.45. The molecule has 2 fully saturated rings. The van der Waals surface area contributed by atoms with Gasteiger partial charge in [0.05, 0.1) is 4.88 Å². The van der Waals surface area contributed by atoms with E-state index in [-0.39, 0.29) is 5.91 Å². The summed E-state index contributed by atoms with van der Waals surface area (Å²) in [7, 11) is 0. The molecule has 5 heteroatoms. The van der Waals surface area contributed by atoms with E-state index < -0.39 is 0 Å². The Morgan fingerprint density at radius 1 is 1.13 bits per heavy atom. The molecule has 2 saturated heterocycles. The van der Waals surface area contributed by atoms with Crippen LogP contribution in [0.1, 0.15) is 45.8 Å². The van der Waals surface area contributed by atoms with E-state index in [4.69, 9.17) is 0 Å². The second-order valence-corrected chi connectivity index (χ2v) is 8.24. The molecule has 1 aliphatic carbocycles. The molecule has 1 N–H and O–H groups in total. The molecule has 4 nitrogen and oxygen atoms in total. The summed E-state index contributed by atoms with van der Waals surface area (Å²) in [6.45, 7) is 6.27. The molecule has 1 aromatic heterocycles. The maximum Gasteiger partial charge on any atom is 0.263 e. The SMILES string of the molecule is O=C(c1cc2c(s1)CCCCC2)N1CCC(N2CCNCC2)C1. The summed E-state index contributed by atoms with van der Waals surface area (Å²) in [6.07, 6.45) is 7.39. The number of nitrogens with zero attached hydrogens (tertiary/aromatic N) is 2. The third-order valence-electron chi connectivity index (χ3n) is 5.58. The Labute approximate surface area is 142 Å². The number of rotatable bonds is 2. The average molecular weight is 334 g/mol. The number of carbonyl (C=O) groups is 1. The van der Waals surface area contributed by atoms with Crippen molar-refractivity contribution in [3.8, 4) is 0 Å². The van der Waals surface area contributed by atoms with Crippen LogP contribution in [0.25, 0.3) is 0 Å². The van der Waals surface area contributed by atoms with E-state index in [1.807, 2.05) is 0 Å². The Bertz CT molecular complexity index is 541. The Morgan fingerprint density at radius 3 is 2.83 bits per heavy atom. The van der Waals surface area contributed by atoms with E-state index in [0.29, 0.717) is 6.04 Å². The zero-order valence-corrected chi connectivity index (χ0v) is 14.7. The van der Waals surface area contributed by atoms with Crippen LogP contribution in [0, 0.1) is 0 Å². The van der Waals surface area contributed by atoms with E-state index in [0.717, 1.165) is 50.6 Å². The summed E-state index contributed by atoms with van der Waals surface area (Å²) < 4.78 is 0. The lowest BCUT2D eigenvalue weighted by Gasteiger charge is -2.32. The molecule has 4 rings (SSSR count). The highest BCUT2D eigenvalue weighted by Gasteiger charge is 2.32. The summed E-state index contributed by atoms with van der Waals surface area (Å²) in [4.78, 5) is 20.0. The third kappa shape index (κ3) is 3.32. The lowest BCUT2D eigenvalue weighted by molar-refractivity contribution is 0.0778. The molecule has 1 atom stereocenters. The molecule has 1 amide bonds. The molecular formula is C18H27N3OS. The predicted octanol–water partition coefficient (Wildman–Crippen LogP) is 2.14. The summed E-state index contributed by atoms with van der Waals surface area (Å²) in [5.74, 6) is 0.278. The van der Waals surface area contributed by atoms with Crippen molar-refractivity contribution in [1.82, 2.24) is 15.1 Å². The second-order valence-electron chi connectivity index (χ2n) is 7.10. The van der Waals surface area contributed by atoms with Crippen molar-refractivity contribution in [3.05, 3.63) is 21.4 Å². The smallest absolute Gasteiger partial charge is 0.263 e. The maximum atomic E-state index is 12.9. The zero-order chi connectivity index (χ0) is 15.6. The predicted molar refractivity (Wildman–Crippen MR) is 94.3 cm³/mol. The van der Waals surface area contributed by atoms with Crippen molar-refractivity contribution >= 4 is 17.2 Å².